The van der Waals surface area contributed by atoms with Gasteiger partial charge in [0.2, 0.25) is 0 Å². The Morgan fingerprint density at radius 1 is 1.43 bits per heavy atom. The van der Waals surface area contributed by atoms with Gasteiger partial charge in [-0.05, 0) is 25.1 Å². The minimum atomic E-state index is -0.731. The zero-order valence-electron chi connectivity index (χ0n) is 11.9. The normalized spacial score (nSPS) is 13.0. The number of nitrogens with two attached hydrogens (primary N) is 1. The van der Waals surface area contributed by atoms with Crippen molar-refractivity contribution in [2.45, 2.75) is 13.0 Å². The van der Waals surface area contributed by atoms with Crippen molar-refractivity contribution in [2.24, 2.45) is 0 Å². The van der Waals surface area contributed by atoms with Crippen molar-refractivity contribution < 1.29 is 19.3 Å². The molecule has 1 aromatic carbocycles. The zero-order chi connectivity index (χ0) is 17.1. The largest absolute Gasteiger partial charge is 0.512 e. The monoisotopic (exact) mass is 358 g/mol. The Hall–Kier alpha value is -2.18. The van der Waals surface area contributed by atoms with Gasteiger partial charge in [-0.25, -0.2) is 9.37 Å². The van der Waals surface area contributed by atoms with Crippen LogP contribution in [0, 0.1) is 5.82 Å². The van der Waals surface area contributed by atoms with Crippen LogP contribution in [0.4, 0.5) is 10.2 Å². The summed E-state index contributed by atoms with van der Waals surface area (Å²) >= 11 is 12.0. The van der Waals surface area contributed by atoms with Crippen LogP contribution in [0.2, 0.25) is 10.0 Å². The van der Waals surface area contributed by atoms with Gasteiger partial charge in [0.1, 0.15) is 18.2 Å². The van der Waals surface area contributed by atoms with E-state index in [1.165, 1.54) is 18.3 Å². The first-order valence-corrected chi connectivity index (χ1v) is 7.20. The van der Waals surface area contributed by atoms with Crippen LogP contribution in [-0.4, -0.2) is 15.2 Å². The van der Waals surface area contributed by atoms with Crippen molar-refractivity contribution in [1.82, 2.24) is 4.98 Å². The Labute approximate surface area is 141 Å². The molecule has 1 atom stereocenters. The minimum Gasteiger partial charge on any atom is -0.512 e. The van der Waals surface area contributed by atoms with E-state index in [1.807, 2.05) is 0 Å². The molecule has 8 heteroatoms. The lowest BCUT2D eigenvalue weighted by molar-refractivity contribution is 0.227. The molecular formula is C15H13Cl2FN2O3. The Balaban J connectivity index is 2.38. The number of nitrogen functional groups attached to an aromatic ring is 1. The van der Waals surface area contributed by atoms with Gasteiger partial charge in [-0.15, -0.1) is 0 Å². The fraction of sp³-hybridized carbons (Fsp3) is 0.133. The number of rotatable bonds is 4. The lowest BCUT2D eigenvalue weighted by atomic mass is 10.1. The maximum Gasteiger partial charge on any atom is 0.166 e. The molecule has 0 amide bonds. The minimum absolute atomic E-state index is 0.0509. The highest BCUT2D eigenvalue weighted by Crippen LogP contribution is 2.36. The number of hydrogen-bond acceptors (Lipinski definition) is 5. The SMILES string of the molecule is CC(Oc1cc(C(O)=CO)cnc1N)c1c(Cl)ccc(F)c1Cl. The molecule has 2 aromatic rings. The van der Waals surface area contributed by atoms with Crippen molar-refractivity contribution in [3.63, 3.8) is 0 Å². The predicted molar refractivity (Wildman–Crippen MR) is 87.3 cm³/mol. The van der Waals surface area contributed by atoms with E-state index < -0.39 is 17.7 Å². The summed E-state index contributed by atoms with van der Waals surface area (Å²) < 4.78 is 19.2. The van der Waals surface area contributed by atoms with E-state index in [2.05, 4.69) is 4.98 Å². The molecule has 122 valence electrons. The van der Waals surface area contributed by atoms with Gasteiger partial charge in [-0.2, -0.15) is 0 Å². The van der Waals surface area contributed by atoms with Crippen LogP contribution in [0.25, 0.3) is 5.76 Å². The zero-order valence-corrected chi connectivity index (χ0v) is 13.4. The molecule has 0 saturated carbocycles. The molecule has 1 unspecified atom stereocenters. The number of anilines is 1. The summed E-state index contributed by atoms with van der Waals surface area (Å²) in [5.41, 5.74) is 6.18. The van der Waals surface area contributed by atoms with E-state index in [0.717, 1.165) is 6.07 Å². The van der Waals surface area contributed by atoms with Crippen LogP contribution in [0.15, 0.2) is 30.7 Å². The van der Waals surface area contributed by atoms with Crippen molar-refractivity contribution in [3.05, 3.63) is 57.6 Å². The summed E-state index contributed by atoms with van der Waals surface area (Å²) in [6, 6.07) is 3.90. The number of halogens is 3. The molecule has 0 bridgehead atoms. The maximum absolute atomic E-state index is 13.6. The third-order valence-electron chi connectivity index (χ3n) is 3.09. The van der Waals surface area contributed by atoms with E-state index in [9.17, 15) is 9.50 Å². The fourth-order valence-corrected chi connectivity index (χ4v) is 2.61. The smallest absolute Gasteiger partial charge is 0.166 e. The maximum atomic E-state index is 13.6. The molecule has 0 radical (unpaired) electrons. The summed E-state index contributed by atoms with van der Waals surface area (Å²) in [6.07, 6.45) is 1.04. The molecule has 0 fully saturated rings. The van der Waals surface area contributed by atoms with Gasteiger partial charge in [0.15, 0.2) is 17.3 Å². The summed E-state index contributed by atoms with van der Waals surface area (Å²) in [6.45, 7) is 1.61. The molecule has 1 heterocycles. The van der Waals surface area contributed by atoms with Crippen LogP contribution < -0.4 is 10.5 Å². The van der Waals surface area contributed by atoms with Crippen molar-refractivity contribution in [3.8, 4) is 5.75 Å². The Morgan fingerprint density at radius 3 is 2.78 bits per heavy atom. The standard InChI is InChI=1S/C15H13Cl2FN2O3/c1-7(13-9(16)2-3-10(18)14(13)17)23-12-4-8(11(22)6-21)5-20-15(12)19/h2-7,21-22H,1H3,(H2,19,20). The second kappa shape index (κ2) is 6.93. The van der Waals surface area contributed by atoms with Gasteiger partial charge in [-0.3, -0.25) is 0 Å². The number of ether oxygens (including phenoxy) is 1. The molecule has 23 heavy (non-hydrogen) atoms. The number of aliphatic hydroxyl groups is 2. The number of aliphatic hydroxyl groups excluding tert-OH is 2. The van der Waals surface area contributed by atoms with Crippen LogP contribution >= 0.6 is 23.2 Å². The molecule has 5 nitrogen and oxygen atoms in total. The average Bonchev–Trinajstić information content (AvgIpc) is 2.52. The highest BCUT2D eigenvalue weighted by molar-refractivity contribution is 6.36. The summed E-state index contributed by atoms with van der Waals surface area (Å²) in [5, 5.41) is 18.4. The van der Waals surface area contributed by atoms with Crippen LogP contribution in [0.1, 0.15) is 24.2 Å². The van der Waals surface area contributed by atoms with Gasteiger partial charge in [0, 0.05) is 22.3 Å². The van der Waals surface area contributed by atoms with E-state index in [4.69, 9.17) is 38.8 Å². The predicted octanol–water partition coefficient (Wildman–Crippen LogP) is 4.66. The quantitative estimate of drug-likeness (QED) is 0.546. The third kappa shape index (κ3) is 3.60. The van der Waals surface area contributed by atoms with Crippen LogP contribution in [0.3, 0.4) is 0 Å². The number of benzene rings is 1. The molecule has 0 aliphatic rings. The second-order valence-electron chi connectivity index (χ2n) is 4.64. The number of pyridine rings is 1. The molecule has 1 aromatic heterocycles. The van der Waals surface area contributed by atoms with Gasteiger partial charge < -0.3 is 20.7 Å². The summed E-state index contributed by atoms with van der Waals surface area (Å²) in [5.74, 6) is -0.853. The average molecular weight is 359 g/mol. The number of aromatic nitrogens is 1. The molecule has 0 aliphatic heterocycles. The van der Waals surface area contributed by atoms with Crippen LogP contribution in [0.5, 0.6) is 5.75 Å². The van der Waals surface area contributed by atoms with Crippen LogP contribution in [-0.2, 0) is 0 Å². The highest BCUT2D eigenvalue weighted by Gasteiger charge is 2.20. The van der Waals surface area contributed by atoms with E-state index >= 15 is 0 Å². The number of nitrogens with zero attached hydrogens (tertiary/aromatic N) is 1. The number of hydrogen-bond donors (Lipinski definition) is 3. The lowest BCUT2D eigenvalue weighted by Crippen LogP contribution is -2.08. The highest BCUT2D eigenvalue weighted by atomic mass is 35.5. The van der Waals surface area contributed by atoms with Gasteiger partial charge in [0.05, 0.1) is 5.02 Å². The molecule has 0 spiro atoms. The summed E-state index contributed by atoms with van der Waals surface area (Å²) in [4.78, 5) is 3.86. The molecule has 0 saturated heterocycles. The first kappa shape index (κ1) is 17.2. The molecule has 2 rings (SSSR count). The molecule has 4 N–H and O–H groups in total. The first-order chi connectivity index (χ1) is 10.8. The van der Waals surface area contributed by atoms with E-state index in [1.54, 1.807) is 6.92 Å². The topological polar surface area (TPSA) is 88.6 Å². The van der Waals surface area contributed by atoms with Gasteiger partial charge in [-0.1, -0.05) is 23.2 Å². The van der Waals surface area contributed by atoms with Crippen molar-refractivity contribution >= 4 is 34.8 Å². The third-order valence-corrected chi connectivity index (χ3v) is 3.80. The van der Waals surface area contributed by atoms with Crippen molar-refractivity contribution in [1.29, 1.82) is 0 Å². The van der Waals surface area contributed by atoms with Gasteiger partial charge in [0.25, 0.3) is 0 Å². The van der Waals surface area contributed by atoms with E-state index in [0.29, 0.717) is 6.26 Å². The molecular weight excluding hydrogens is 346 g/mol. The lowest BCUT2D eigenvalue weighted by Gasteiger charge is -2.19. The summed E-state index contributed by atoms with van der Waals surface area (Å²) in [7, 11) is 0. The second-order valence-corrected chi connectivity index (χ2v) is 5.42. The Morgan fingerprint density at radius 2 is 2.13 bits per heavy atom. The Bertz CT molecular complexity index is 769. The first-order valence-electron chi connectivity index (χ1n) is 6.44. The van der Waals surface area contributed by atoms with Crippen molar-refractivity contribution in [2.75, 3.05) is 5.73 Å². The van der Waals surface area contributed by atoms with E-state index in [-0.39, 0.29) is 32.7 Å². The molecule has 0 aliphatic carbocycles. The fourth-order valence-electron chi connectivity index (χ4n) is 1.93. The Kier molecular flexibility index (Phi) is 5.18. The van der Waals surface area contributed by atoms with Gasteiger partial charge >= 0.3 is 0 Å².